The lowest BCUT2D eigenvalue weighted by Gasteiger charge is -2.19. The summed E-state index contributed by atoms with van der Waals surface area (Å²) < 4.78 is 1.49. The number of benzene rings is 1. The Morgan fingerprint density at radius 1 is 1.27 bits per heavy atom. The third-order valence-corrected chi connectivity index (χ3v) is 6.26. The highest BCUT2D eigenvalue weighted by Crippen LogP contribution is 2.25. The topological polar surface area (TPSA) is 84.3 Å². The molecule has 0 saturated heterocycles. The summed E-state index contributed by atoms with van der Waals surface area (Å²) in [6.45, 7) is 8.76. The Hall–Kier alpha value is -3.00. The van der Waals surface area contributed by atoms with Crippen LogP contribution >= 0.6 is 11.3 Å². The van der Waals surface area contributed by atoms with Crippen LogP contribution in [0.25, 0.3) is 10.2 Å². The van der Waals surface area contributed by atoms with Crippen LogP contribution in [0.5, 0.6) is 0 Å². The molecule has 0 saturated carbocycles. The van der Waals surface area contributed by atoms with Gasteiger partial charge < -0.3 is 10.2 Å². The molecule has 2 aromatic heterocycles. The highest BCUT2D eigenvalue weighted by Gasteiger charge is 2.13. The highest BCUT2D eigenvalue weighted by atomic mass is 32.1. The molecule has 1 aromatic carbocycles. The Morgan fingerprint density at radius 3 is 2.73 bits per heavy atom. The number of rotatable bonds is 7. The molecule has 1 N–H and O–H groups in total. The normalized spacial score (nSPS) is 10.9. The van der Waals surface area contributed by atoms with Crippen molar-refractivity contribution in [3.63, 3.8) is 0 Å². The second kappa shape index (κ2) is 9.21. The number of hydrogen-bond acceptors (Lipinski definition) is 5. The number of carbonyl (C=O) groups excluding carboxylic acids is 2. The predicted molar refractivity (Wildman–Crippen MR) is 120 cm³/mol. The Bertz CT molecular complexity index is 1150. The number of anilines is 1. The van der Waals surface area contributed by atoms with Crippen LogP contribution in [-0.2, 0) is 22.7 Å². The lowest BCUT2D eigenvalue weighted by molar-refractivity contribution is -0.129. The predicted octanol–water partition coefficient (Wildman–Crippen LogP) is 3.47. The molecule has 3 aromatic rings. The molecule has 0 aliphatic rings. The van der Waals surface area contributed by atoms with Crippen molar-refractivity contribution < 1.29 is 9.59 Å². The van der Waals surface area contributed by atoms with Crippen LogP contribution in [0.1, 0.15) is 36.3 Å². The van der Waals surface area contributed by atoms with Crippen LogP contribution in [0.15, 0.2) is 35.4 Å². The third kappa shape index (κ3) is 4.76. The Morgan fingerprint density at radius 2 is 2.03 bits per heavy atom. The van der Waals surface area contributed by atoms with E-state index in [1.54, 1.807) is 11.8 Å². The monoisotopic (exact) mass is 426 g/mol. The summed E-state index contributed by atoms with van der Waals surface area (Å²) >= 11 is 1.51. The minimum atomic E-state index is -0.184. The lowest BCUT2D eigenvalue weighted by atomic mass is 10.2. The van der Waals surface area contributed by atoms with Gasteiger partial charge in [0.05, 0.1) is 11.7 Å². The van der Waals surface area contributed by atoms with Crippen molar-refractivity contribution in [2.75, 3.05) is 11.9 Å². The van der Waals surface area contributed by atoms with Crippen LogP contribution in [0, 0.1) is 13.8 Å². The number of aryl methyl sites for hydroxylation is 3. The Labute approximate surface area is 179 Å². The van der Waals surface area contributed by atoms with E-state index in [1.165, 1.54) is 22.2 Å². The largest absolute Gasteiger partial charge is 0.339 e. The molecule has 3 rings (SSSR count). The summed E-state index contributed by atoms with van der Waals surface area (Å²) in [6, 6.07) is 7.44. The van der Waals surface area contributed by atoms with E-state index in [1.807, 2.05) is 45.0 Å². The minimum absolute atomic E-state index is 0.0130. The van der Waals surface area contributed by atoms with Crippen molar-refractivity contribution in [2.24, 2.45) is 0 Å². The molecule has 0 spiro atoms. The molecule has 0 unspecified atom stereocenters. The summed E-state index contributed by atoms with van der Waals surface area (Å²) in [6.07, 6.45) is 1.67. The van der Waals surface area contributed by atoms with Crippen molar-refractivity contribution in [2.45, 2.75) is 47.2 Å². The number of thiophene rings is 1. The zero-order valence-electron chi connectivity index (χ0n) is 17.7. The molecule has 0 fully saturated rings. The van der Waals surface area contributed by atoms with Gasteiger partial charge in [0.15, 0.2) is 0 Å². The zero-order chi connectivity index (χ0) is 21.8. The lowest BCUT2D eigenvalue weighted by Crippen LogP contribution is -2.27. The molecule has 0 aliphatic heterocycles. The van der Waals surface area contributed by atoms with Gasteiger partial charge in [-0.15, -0.1) is 11.3 Å². The van der Waals surface area contributed by atoms with Gasteiger partial charge in [-0.05, 0) is 44.0 Å². The maximum atomic E-state index is 12.7. The number of nitrogens with one attached hydrogen (secondary N) is 1. The van der Waals surface area contributed by atoms with Crippen LogP contribution in [-0.4, -0.2) is 32.8 Å². The molecule has 2 amide bonds. The number of aromatic nitrogens is 2. The van der Waals surface area contributed by atoms with Gasteiger partial charge in [-0.2, -0.15) is 0 Å². The van der Waals surface area contributed by atoms with E-state index in [4.69, 9.17) is 0 Å². The van der Waals surface area contributed by atoms with Crippen molar-refractivity contribution in [1.82, 2.24) is 14.5 Å². The first-order valence-electron chi connectivity index (χ1n) is 9.89. The third-order valence-electron chi connectivity index (χ3n) is 5.15. The number of hydrogen-bond donors (Lipinski definition) is 1. The van der Waals surface area contributed by atoms with Gasteiger partial charge in [-0.3, -0.25) is 19.0 Å². The van der Waals surface area contributed by atoms with Gasteiger partial charge in [0.2, 0.25) is 11.8 Å². The maximum absolute atomic E-state index is 12.7. The fourth-order valence-electron chi connectivity index (χ4n) is 3.29. The van der Waals surface area contributed by atoms with Crippen LogP contribution < -0.4 is 10.9 Å². The Kier molecular flexibility index (Phi) is 6.66. The van der Waals surface area contributed by atoms with Crippen molar-refractivity contribution >= 4 is 39.1 Å². The highest BCUT2D eigenvalue weighted by molar-refractivity contribution is 7.18. The van der Waals surface area contributed by atoms with Crippen molar-refractivity contribution in [3.8, 4) is 0 Å². The fraction of sp³-hybridized carbons (Fsp3) is 0.364. The van der Waals surface area contributed by atoms with E-state index in [9.17, 15) is 14.4 Å². The molecule has 0 aliphatic carbocycles. The van der Waals surface area contributed by atoms with E-state index >= 15 is 0 Å². The molecular formula is C22H26N4O3S. The number of carbonyl (C=O) groups is 2. The average Bonchev–Trinajstić information content (AvgIpc) is 3.00. The van der Waals surface area contributed by atoms with Crippen molar-refractivity contribution in [1.29, 1.82) is 0 Å². The summed E-state index contributed by atoms with van der Waals surface area (Å²) in [5.74, 6) is -0.171. The van der Waals surface area contributed by atoms with E-state index in [2.05, 4.69) is 10.3 Å². The van der Waals surface area contributed by atoms with Crippen LogP contribution in [0.4, 0.5) is 5.69 Å². The fourth-order valence-corrected chi connectivity index (χ4v) is 4.28. The molecule has 8 heteroatoms. The molecule has 7 nitrogen and oxygen atoms in total. The average molecular weight is 427 g/mol. The standard InChI is InChI=1S/C22H26N4O3S/c1-5-25(16(4)27)12-17-7-6-8-18(11-17)24-19(28)9-10-26-13-23-21-20(22(26)29)14(2)15(3)30-21/h6-8,11,13H,5,9-10,12H2,1-4H3,(H,24,28). The molecular weight excluding hydrogens is 400 g/mol. The first-order valence-corrected chi connectivity index (χ1v) is 10.7. The molecule has 158 valence electrons. The molecule has 30 heavy (non-hydrogen) atoms. The van der Waals surface area contributed by atoms with Crippen LogP contribution in [0.2, 0.25) is 0 Å². The number of fused-ring (bicyclic) bond motifs is 1. The SMILES string of the molecule is CCN(Cc1cccc(NC(=O)CCn2cnc3sc(C)c(C)c3c2=O)c1)C(C)=O. The van der Waals surface area contributed by atoms with Gasteiger partial charge in [-0.1, -0.05) is 12.1 Å². The van der Waals surface area contributed by atoms with Crippen molar-refractivity contribution in [3.05, 3.63) is 57.0 Å². The molecule has 0 radical (unpaired) electrons. The summed E-state index contributed by atoms with van der Waals surface area (Å²) in [7, 11) is 0. The zero-order valence-corrected chi connectivity index (χ0v) is 18.5. The van der Waals surface area contributed by atoms with Gasteiger partial charge >= 0.3 is 0 Å². The first-order chi connectivity index (χ1) is 14.3. The van der Waals surface area contributed by atoms with Gasteiger partial charge in [0.1, 0.15) is 4.83 Å². The van der Waals surface area contributed by atoms with Gasteiger partial charge in [-0.25, -0.2) is 4.98 Å². The quantitative estimate of drug-likeness (QED) is 0.627. The Balaban J connectivity index is 1.65. The molecule has 0 bridgehead atoms. The maximum Gasteiger partial charge on any atom is 0.262 e. The summed E-state index contributed by atoms with van der Waals surface area (Å²) in [5.41, 5.74) is 2.46. The van der Waals surface area contributed by atoms with E-state index < -0.39 is 0 Å². The second-order valence-corrected chi connectivity index (χ2v) is 8.44. The molecule has 0 atom stereocenters. The van der Waals surface area contributed by atoms with Crippen LogP contribution in [0.3, 0.4) is 0 Å². The number of amides is 2. The first kappa shape index (κ1) is 21.7. The summed E-state index contributed by atoms with van der Waals surface area (Å²) in [5, 5.41) is 3.51. The van der Waals surface area contributed by atoms with Gasteiger partial charge in [0.25, 0.3) is 5.56 Å². The van der Waals surface area contributed by atoms with E-state index in [0.29, 0.717) is 24.2 Å². The van der Waals surface area contributed by atoms with E-state index in [-0.39, 0.29) is 30.3 Å². The van der Waals surface area contributed by atoms with Gasteiger partial charge in [0, 0.05) is 43.5 Å². The minimum Gasteiger partial charge on any atom is -0.339 e. The summed E-state index contributed by atoms with van der Waals surface area (Å²) in [4.78, 5) is 44.7. The second-order valence-electron chi connectivity index (χ2n) is 7.24. The molecule has 2 heterocycles. The van der Waals surface area contributed by atoms with E-state index in [0.717, 1.165) is 20.8 Å². The smallest absolute Gasteiger partial charge is 0.262 e. The number of nitrogens with zero attached hydrogens (tertiary/aromatic N) is 3.